The molecule has 0 aliphatic carbocycles. The van der Waals surface area contributed by atoms with Gasteiger partial charge in [0.25, 0.3) is 5.91 Å². The molecule has 6 nitrogen and oxygen atoms in total. The van der Waals surface area contributed by atoms with E-state index in [9.17, 15) is 9.18 Å². The van der Waals surface area contributed by atoms with E-state index in [4.69, 9.17) is 14.2 Å². The Hall–Kier alpha value is -2.64. The number of morpholine rings is 1. The van der Waals surface area contributed by atoms with Gasteiger partial charge in [-0.05, 0) is 29.8 Å². The molecular formula is C21H25FN2O4. The van der Waals surface area contributed by atoms with Crippen LogP contribution in [-0.2, 0) is 4.74 Å². The molecule has 0 spiro atoms. The normalized spacial score (nSPS) is 15.7. The Morgan fingerprint density at radius 3 is 2.50 bits per heavy atom. The number of amides is 1. The summed E-state index contributed by atoms with van der Waals surface area (Å²) in [5.74, 6) is 0.358. The van der Waals surface area contributed by atoms with Crippen molar-refractivity contribution in [1.29, 1.82) is 0 Å². The van der Waals surface area contributed by atoms with E-state index in [2.05, 4.69) is 10.2 Å². The van der Waals surface area contributed by atoms with Crippen LogP contribution in [0.15, 0.2) is 42.5 Å². The zero-order chi connectivity index (χ0) is 19.9. The van der Waals surface area contributed by atoms with Crippen LogP contribution in [0.25, 0.3) is 0 Å². The lowest BCUT2D eigenvalue weighted by molar-refractivity contribution is 0.0162. The number of rotatable bonds is 7. The van der Waals surface area contributed by atoms with Crippen molar-refractivity contribution in [3.05, 3.63) is 59.4 Å². The highest BCUT2D eigenvalue weighted by Crippen LogP contribution is 2.30. The predicted molar refractivity (Wildman–Crippen MR) is 103 cm³/mol. The van der Waals surface area contributed by atoms with Crippen molar-refractivity contribution in [2.75, 3.05) is 47.1 Å². The lowest BCUT2D eigenvalue weighted by Crippen LogP contribution is -2.43. The standard InChI is InChI=1S/C21H25FN2O4/c1-26-19-5-3-4-17(20(19)27-2)21(25)23-14-18(24-10-12-28-13-11-24)15-6-8-16(22)9-7-15/h3-9,18H,10-14H2,1-2H3,(H,23,25)/t18-/m0/s1. The molecule has 1 aliphatic heterocycles. The van der Waals surface area contributed by atoms with Crippen LogP contribution in [0.4, 0.5) is 4.39 Å². The number of methoxy groups -OCH3 is 2. The minimum Gasteiger partial charge on any atom is -0.493 e. The summed E-state index contributed by atoms with van der Waals surface area (Å²) in [7, 11) is 3.03. The monoisotopic (exact) mass is 388 g/mol. The molecule has 1 saturated heterocycles. The molecule has 0 aromatic heterocycles. The number of halogens is 1. The molecular weight excluding hydrogens is 363 g/mol. The van der Waals surface area contributed by atoms with E-state index in [1.165, 1.54) is 26.4 Å². The maximum atomic E-state index is 13.4. The van der Waals surface area contributed by atoms with Gasteiger partial charge in [-0.3, -0.25) is 9.69 Å². The summed E-state index contributed by atoms with van der Waals surface area (Å²) in [6.45, 7) is 3.15. The van der Waals surface area contributed by atoms with Gasteiger partial charge in [-0.2, -0.15) is 0 Å². The van der Waals surface area contributed by atoms with E-state index in [1.807, 2.05) is 0 Å². The molecule has 1 aliphatic rings. The van der Waals surface area contributed by atoms with Crippen molar-refractivity contribution in [2.45, 2.75) is 6.04 Å². The van der Waals surface area contributed by atoms with Crippen molar-refractivity contribution in [2.24, 2.45) is 0 Å². The molecule has 1 fully saturated rings. The van der Waals surface area contributed by atoms with Gasteiger partial charge >= 0.3 is 0 Å². The van der Waals surface area contributed by atoms with Crippen LogP contribution >= 0.6 is 0 Å². The quantitative estimate of drug-likeness (QED) is 0.790. The van der Waals surface area contributed by atoms with E-state index >= 15 is 0 Å². The van der Waals surface area contributed by atoms with Crippen LogP contribution in [-0.4, -0.2) is 57.9 Å². The van der Waals surface area contributed by atoms with Gasteiger partial charge in [-0.15, -0.1) is 0 Å². The maximum absolute atomic E-state index is 13.4. The van der Waals surface area contributed by atoms with Crippen molar-refractivity contribution in [3.8, 4) is 11.5 Å². The minimum atomic E-state index is -0.283. The lowest BCUT2D eigenvalue weighted by atomic mass is 10.0. The molecule has 1 atom stereocenters. The number of benzene rings is 2. The number of hydrogen-bond donors (Lipinski definition) is 1. The van der Waals surface area contributed by atoms with Gasteiger partial charge in [0, 0.05) is 19.6 Å². The SMILES string of the molecule is COc1cccc(C(=O)NC[C@@H](c2ccc(F)cc2)N2CCOCC2)c1OC. The zero-order valence-corrected chi connectivity index (χ0v) is 16.1. The van der Waals surface area contributed by atoms with Gasteiger partial charge in [-0.25, -0.2) is 4.39 Å². The van der Waals surface area contributed by atoms with E-state index in [-0.39, 0.29) is 17.8 Å². The first-order valence-corrected chi connectivity index (χ1v) is 9.20. The molecule has 2 aromatic rings. The molecule has 7 heteroatoms. The maximum Gasteiger partial charge on any atom is 0.255 e. The topological polar surface area (TPSA) is 60.0 Å². The van der Waals surface area contributed by atoms with Crippen LogP contribution in [0.1, 0.15) is 22.0 Å². The Morgan fingerprint density at radius 1 is 1.14 bits per heavy atom. The van der Waals surface area contributed by atoms with Crippen molar-refractivity contribution in [1.82, 2.24) is 10.2 Å². The predicted octanol–water partition coefficient (Wildman–Crippen LogP) is 2.65. The highest BCUT2D eigenvalue weighted by molar-refractivity contribution is 5.97. The summed E-state index contributed by atoms with van der Waals surface area (Å²) >= 11 is 0. The Morgan fingerprint density at radius 2 is 1.86 bits per heavy atom. The number of nitrogens with zero attached hydrogens (tertiary/aromatic N) is 1. The second-order valence-electron chi connectivity index (χ2n) is 6.47. The average molecular weight is 388 g/mol. The zero-order valence-electron chi connectivity index (χ0n) is 16.1. The Kier molecular flexibility index (Phi) is 6.84. The highest BCUT2D eigenvalue weighted by Gasteiger charge is 2.24. The summed E-state index contributed by atoms with van der Waals surface area (Å²) in [5.41, 5.74) is 1.35. The van der Waals surface area contributed by atoms with Gasteiger partial charge in [0.2, 0.25) is 0 Å². The van der Waals surface area contributed by atoms with E-state index in [1.54, 1.807) is 30.3 Å². The van der Waals surface area contributed by atoms with Crippen LogP contribution in [0, 0.1) is 5.82 Å². The third kappa shape index (κ3) is 4.61. The summed E-state index contributed by atoms with van der Waals surface area (Å²) in [6, 6.07) is 11.5. The molecule has 3 rings (SSSR count). The first kappa shape index (κ1) is 20.1. The van der Waals surface area contributed by atoms with E-state index < -0.39 is 0 Å². The van der Waals surface area contributed by atoms with E-state index in [0.717, 1.165) is 18.7 Å². The van der Waals surface area contributed by atoms with Gasteiger partial charge in [0.05, 0.1) is 39.0 Å². The number of para-hydroxylation sites is 1. The second-order valence-corrected chi connectivity index (χ2v) is 6.47. The second kappa shape index (κ2) is 9.52. The van der Waals surface area contributed by atoms with E-state index in [0.29, 0.717) is 36.8 Å². The minimum absolute atomic E-state index is 0.0787. The third-order valence-corrected chi connectivity index (χ3v) is 4.84. The number of hydrogen-bond acceptors (Lipinski definition) is 5. The molecule has 2 aromatic carbocycles. The largest absolute Gasteiger partial charge is 0.493 e. The molecule has 0 unspecified atom stereocenters. The van der Waals surface area contributed by atoms with Crippen LogP contribution in [0.3, 0.4) is 0 Å². The summed E-state index contributed by atoms with van der Waals surface area (Å²) < 4.78 is 29.4. The first-order valence-electron chi connectivity index (χ1n) is 9.20. The van der Waals surface area contributed by atoms with Crippen LogP contribution in [0.5, 0.6) is 11.5 Å². The third-order valence-electron chi connectivity index (χ3n) is 4.84. The molecule has 1 N–H and O–H groups in total. The van der Waals surface area contributed by atoms with Crippen LogP contribution in [0.2, 0.25) is 0 Å². The van der Waals surface area contributed by atoms with Gasteiger partial charge < -0.3 is 19.5 Å². The number of nitrogens with one attached hydrogen (secondary N) is 1. The molecule has 28 heavy (non-hydrogen) atoms. The number of carbonyl (C=O) groups excluding carboxylic acids is 1. The van der Waals surface area contributed by atoms with Gasteiger partial charge in [0.15, 0.2) is 11.5 Å². The molecule has 1 amide bonds. The summed E-state index contributed by atoms with van der Waals surface area (Å²) in [4.78, 5) is 15.1. The fourth-order valence-electron chi connectivity index (χ4n) is 3.38. The molecule has 150 valence electrons. The number of ether oxygens (including phenoxy) is 3. The smallest absolute Gasteiger partial charge is 0.255 e. The Balaban J connectivity index is 1.78. The van der Waals surface area contributed by atoms with Crippen molar-refractivity contribution in [3.63, 3.8) is 0 Å². The molecule has 0 saturated carbocycles. The molecule has 0 bridgehead atoms. The Bertz CT molecular complexity index is 791. The average Bonchev–Trinajstić information content (AvgIpc) is 2.75. The lowest BCUT2D eigenvalue weighted by Gasteiger charge is -2.35. The van der Waals surface area contributed by atoms with Gasteiger partial charge in [0.1, 0.15) is 5.82 Å². The highest BCUT2D eigenvalue weighted by atomic mass is 19.1. The summed E-state index contributed by atoms with van der Waals surface area (Å²) in [6.07, 6.45) is 0. The Labute approximate surface area is 164 Å². The first-order chi connectivity index (χ1) is 13.6. The van der Waals surface area contributed by atoms with Crippen molar-refractivity contribution >= 4 is 5.91 Å². The fourth-order valence-corrected chi connectivity index (χ4v) is 3.38. The van der Waals surface area contributed by atoms with Crippen LogP contribution < -0.4 is 14.8 Å². The van der Waals surface area contributed by atoms with Crippen molar-refractivity contribution < 1.29 is 23.4 Å². The molecule has 1 heterocycles. The number of carbonyl (C=O) groups is 1. The van der Waals surface area contributed by atoms with Gasteiger partial charge in [-0.1, -0.05) is 18.2 Å². The fraction of sp³-hybridized carbons (Fsp3) is 0.381. The molecule has 0 radical (unpaired) electrons. The summed E-state index contributed by atoms with van der Waals surface area (Å²) in [5, 5.41) is 2.98.